The molecule has 0 fully saturated rings. The van der Waals surface area contributed by atoms with Gasteiger partial charge in [0.1, 0.15) is 6.04 Å². The molecule has 3 aromatic carbocycles. The van der Waals surface area contributed by atoms with Crippen molar-refractivity contribution >= 4 is 46.6 Å². The molecule has 1 atom stereocenters. The van der Waals surface area contributed by atoms with Crippen LogP contribution in [-0.4, -0.2) is 35.7 Å². The van der Waals surface area contributed by atoms with Gasteiger partial charge in [-0.3, -0.25) is 0 Å². The summed E-state index contributed by atoms with van der Waals surface area (Å²) in [5.74, 6) is 2.75. The molecule has 0 saturated heterocycles. The zero-order valence-electron chi connectivity index (χ0n) is 20.3. The van der Waals surface area contributed by atoms with Gasteiger partial charge in [-0.1, -0.05) is 71.2 Å². The summed E-state index contributed by atoms with van der Waals surface area (Å²) in [6.45, 7) is 1.42. The molecule has 0 amide bonds. The van der Waals surface area contributed by atoms with Crippen molar-refractivity contribution in [2.45, 2.75) is 29.1 Å². The van der Waals surface area contributed by atoms with Crippen LogP contribution in [0.5, 0.6) is 23.0 Å². The maximum Gasteiger partial charge on any atom is 0.231 e. The van der Waals surface area contributed by atoms with E-state index in [0.717, 1.165) is 53.1 Å². The highest BCUT2D eigenvalue weighted by atomic mass is 35.6. The highest BCUT2D eigenvalue weighted by Crippen LogP contribution is 2.56. The average molecular weight is 559 g/mol. The Morgan fingerprint density at radius 2 is 1.81 bits per heavy atom. The van der Waals surface area contributed by atoms with Gasteiger partial charge in [-0.25, -0.2) is 0 Å². The number of nitrogens with zero attached hydrogens (tertiary/aromatic N) is 1. The summed E-state index contributed by atoms with van der Waals surface area (Å²) in [4.78, 5) is 2.16. The number of alkyl halides is 3. The number of ether oxygens (including phenoxy) is 4. The van der Waals surface area contributed by atoms with Crippen molar-refractivity contribution in [1.29, 1.82) is 0 Å². The summed E-state index contributed by atoms with van der Waals surface area (Å²) in [5.41, 5.74) is 6.26. The topological polar surface area (TPSA) is 40.2 Å². The quantitative estimate of drug-likeness (QED) is 0.236. The highest BCUT2D eigenvalue weighted by molar-refractivity contribution is 6.68. The van der Waals surface area contributed by atoms with Crippen molar-refractivity contribution in [3.05, 3.63) is 82.4 Å². The molecule has 37 heavy (non-hydrogen) atoms. The van der Waals surface area contributed by atoms with Crippen LogP contribution in [0.1, 0.15) is 40.3 Å². The van der Waals surface area contributed by atoms with Crippen LogP contribution in [0.25, 0.3) is 11.8 Å². The number of aryl methyl sites for hydroxylation is 1. The minimum atomic E-state index is -1.61. The van der Waals surface area contributed by atoms with Gasteiger partial charge in [0, 0.05) is 23.4 Å². The van der Waals surface area contributed by atoms with E-state index in [1.165, 1.54) is 11.1 Å². The first-order valence-corrected chi connectivity index (χ1v) is 13.4. The summed E-state index contributed by atoms with van der Waals surface area (Å²) in [6, 6.07) is 17.8. The average Bonchev–Trinajstić information content (AvgIpc) is 3.36. The number of benzene rings is 3. The molecule has 3 aliphatic rings. The number of halogens is 3. The minimum absolute atomic E-state index is 0.228. The molecular weight excluding hydrogens is 533 g/mol. The fraction of sp³-hybridized carbons (Fsp3) is 0.310. The SMILES string of the molecule is COc1ccc2c(c1OCCCc1ccccc1)C(C(Cl)(Cl)Cl)N1CCc3cc4c(cc3C1=C2)OCO4. The minimum Gasteiger partial charge on any atom is -0.493 e. The normalized spacial score (nSPS) is 17.5. The summed E-state index contributed by atoms with van der Waals surface area (Å²) in [7, 11) is 1.63. The van der Waals surface area contributed by atoms with E-state index >= 15 is 0 Å². The molecule has 6 rings (SSSR count). The number of hydrogen-bond acceptors (Lipinski definition) is 5. The molecule has 0 radical (unpaired) electrons. The first-order chi connectivity index (χ1) is 17.9. The monoisotopic (exact) mass is 557 g/mol. The van der Waals surface area contributed by atoms with Gasteiger partial charge in [0.25, 0.3) is 0 Å². The van der Waals surface area contributed by atoms with E-state index in [-0.39, 0.29) is 6.79 Å². The predicted octanol–water partition coefficient (Wildman–Crippen LogP) is 7.22. The molecule has 0 bridgehead atoms. The first kappa shape index (κ1) is 24.6. The molecule has 3 heterocycles. The van der Waals surface area contributed by atoms with E-state index < -0.39 is 9.83 Å². The van der Waals surface area contributed by atoms with E-state index in [1.807, 2.05) is 36.4 Å². The molecular formula is C29H26Cl3NO4. The van der Waals surface area contributed by atoms with Gasteiger partial charge in [-0.2, -0.15) is 0 Å². The van der Waals surface area contributed by atoms with E-state index in [1.54, 1.807) is 7.11 Å². The van der Waals surface area contributed by atoms with E-state index in [4.69, 9.17) is 53.8 Å². The Morgan fingerprint density at radius 3 is 2.57 bits per heavy atom. The van der Waals surface area contributed by atoms with E-state index in [9.17, 15) is 0 Å². The number of methoxy groups -OCH3 is 1. The van der Waals surface area contributed by atoms with Crippen molar-refractivity contribution in [3.63, 3.8) is 0 Å². The van der Waals surface area contributed by atoms with Crippen molar-refractivity contribution < 1.29 is 18.9 Å². The maximum atomic E-state index is 6.71. The Kier molecular flexibility index (Phi) is 6.56. The van der Waals surface area contributed by atoms with Crippen LogP contribution in [0.3, 0.4) is 0 Å². The lowest BCUT2D eigenvalue weighted by Crippen LogP contribution is -2.41. The van der Waals surface area contributed by atoms with Crippen molar-refractivity contribution in [1.82, 2.24) is 4.90 Å². The Morgan fingerprint density at radius 1 is 1.03 bits per heavy atom. The third-order valence-corrected chi connectivity index (χ3v) is 7.73. The third kappa shape index (κ3) is 4.58. The summed E-state index contributed by atoms with van der Waals surface area (Å²) < 4.78 is 21.7. The number of hydrogen-bond donors (Lipinski definition) is 0. The molecule has 0 aliphatic carbocycles. The molecule has 3 aromatic rings. The molecule has 192 valence electrons. The van der Waals surface area contributed by atoms with Crippen LogP contribution >= 0.6 is 34.8 Å². The lowest BCUT2D eigenvalue weighted by molar-refractivity contribution is 0.174. The van der Waals surface area contributed by atoms with Crippen LogP contribution < -0.4 is 18.9 Å². The van der Waals surface area contributed by atoms with Gasteiger partial charge in [-0.15, -0.1) is 0 Å². The molecule has 0 N–H and O–H groups in total. The summed E-state index contributed by atoms with van der Waals surface area (Å²) >= 11 is 20.1. The lowest BCUT2D eigenvalue weighted by atomic mass is 9.86. The molecule has 0 spiro atoms. The lowest BCUT2D eigenvalue weighted by Gasteiger charge is -2.46. The fourth-order valence-electron chi connectivity index (χ4n) is 5.43. The zero-order valence-corrected chi connectivity index (χ0v) is 22.6. The smallest absolute Gasteiger partial charge is 0.231 e. The molecule has 3 aliphatic heterocycles. The Balaban J connectivity index is 1.39. The molecule has 0 saturated carbocycles. The van der Waals surface area contributed by atoms with Gasteiger partial charge in [0.15, 0.2) is 23.0 Å². The van der Waals surface area contributed by atoms with Gasteiger partial charge in [-0.05, 0) is 60.2 Å². The van der Waals surface area contributed by atoms with Crippen LogP contribution in [0, 0.1) is 0 Å². The Bertz CT molecular complexity index is 1350. The predicted molar refractivity (Wildman–Crippen MR) is 147 cm³/mol. The summed E-state index contributed by atoms with van der Waals surface area (Å²) in [5, 5.41) is 0. The van der Waals surface area contributed by atoms with Gasteiger partial charge in [0.2, 0.25) is 10.6 Å². The first-order valence-electron chi connectivity index (χ1n) is 12.3. The third-order valence-electron chi connectivity index (χ3n) is 7.11. The second-order valence-corrected chi connectivity index (χ2v) is 11.7. The van der Waals surface area contributed by atoms with Crippen molar-refractivity contribution in [2.24, 2.45) is 0 Å². The van der Waals surface area contributed by atoms with Crippen molar-refractivity contribution in [3.8, 4) is 23.0 Å². The van der Waals surface area contributed by atoms with Gasteiger partial charge in [0.05, 0.1) is 13.7 Å². The standard InChI is InChI=1S/C29H26Cl3NO4/c1-34-23-10-9-20-14-22-21-16-25-24(36-17-37-25)15-19(21)11-12-33(22)28(29(30,31)32)26(20)27(23)35-13-5-8-18-6-3-2-4-7-18/h2-4,6-7,9-10,14-16,28H,5,8,11-13,17H2,1H3. The largest absolute Gasteiger partial charge is 0.493 e. The molecule has 5 nitrogen and oxygen atoms in total. The maximum absolute atomic E-state index is 6.71. The number of fused-ring (bicyclic) bond motifs is 5. The number of rotatable bonds is 6. The van der Waals surface area contributed by atoms with E-state index in [2.05, 4.69) is 29.2 Å². The van der Waals surface area contributed by atoms with Crippen LogP contribution in [-0.2, 0) is 12.8 Å². The molecule has 1 unspecified atom stereocenters. The second-order valence-electron chi connectivity index (χ2n) is 9.32. The van der Waals surface area contributed by atoms with Crippen LogP contribution in [0.4, 0.5) is 0 Å². The van der Waals surface area contributed by atoms with Crippen LogP contribution in [0.2, 0.25) is 0 Å². The van der Waals surface area contributed by atoms with Crippen LogP contribution in [0.15, 0.2) is 54.6 Å². The summed E-state index contributed by atoms with van der Waals surface area (Å²) in [6.07, 6.45) is 4.68. The zero-order chi connectivity index (χ0) is 25.6. The Labute approximate surface area is 231 Å². The van der Waals surface area contributed by atoms with Crippen molar-refractivity contribution in [2.75, 3.05) is 27.1 Å². The molecule has 8 heteroatoms. The Hall–Kier alpha value is -2.73. The van der Waals surface area contributed by atoms with Gasteiger partial charge < -0.3 is 23.8 Å². The second kappa shape index (κ2) is 9.86. The van der Waals surface area contributed by atoms with E-state index in [0.29, 0.717) is 24.7 Å². The highest BCUT2D eigenvalue weighted by Gasteiger charge is 2.46. The fourth-order valence-corrected chi connectivity index (χ4v) is 6.11. The van der Waals surface area contributed by atoms with Gasteiger partial charge >= 0.3 is 0 Å². The molecule has 0 aromatic heterocycles.